The molecule has 1 N–H and O–H groups in total. The second kappa shape index (κ2) is 12.8. The molecule has 1 atom stereocenters. The molecule has 0 aliphatic heterocycles. The predicted molar refractivity (Wildman–Crippen MR) is 147 cm³/mol. The van der Waals surface area contributed by atoms with Crippen LogP contribution in [0.4, 0.5) is 4.39 Å². The Morgan fingerprint density at radius 1 is 0.872 bits per heavy atom. The van der Waals surface area contributed by atoms with Crippen LogP contribution in [-0.2, 0) is 6.54 Å². The maximum absolute atomic E-state index is 13.5. The minimum Gasteiger partial charge on any atom is -0.493 e. The van der Waals surface area contributed by atoms with Gasteiger partial charge < -0.3 is 19.5 Å². The number of hydrogen-bond donors (Lipinski definition) is 1. The zero-order valence-electron chi connectivity index (χ0n) is 21.8. The minimum absolute atomic E-state index is 0.137. The number of rotatable bonds is 11. The standard InChI is InChI=1S/C32H30FNO5/c1-3-19-34(21-22-9-11-24(12-10-22)31(36)30(35)23-7-5-4-6-8-23)32(37)25-13-16-27(17-14-25)39-28-18-15-26(33)20-29(28)38-2/h4-18,20,30,35H,3,19,21H2,1-2H3. The van der Waals surface area contributed by atoms with Gasteiger partial charge in [-0.1, -0.05) is 61.5 Å². The predicted octanol–water partition coefficient (Wildman–Crippen LogP) is 6.60. The van der Waals surface area contributed by atoms with Gasteiger partial charge in [-0.25, -0.2) is 4.39 Å². The maximum Gasteiger partial charge on any atom is 0.254 e. The Labute approximate surface area is 227 Å². The van der Waals surface area contributed by atoms with Gasteiger partial charge in [-0.3, -0.25) is 9.59 Å². The van der Waals surface area contributed by atoms with Crippen LogP contribution in [0, 0.1) is 5.82 Å². The smallest absolute Gasteiger partial charge is 0.254 e. The van der Waals surface area contributed by atoms with E-state index in [0.29, 0.717) is 41.3 Å². The lowest BCUT2D eigenvalue weighted by Gasteiger charge is -2.23. The molecule has 0 aromatic heterocycles. The summed E-state index contributed by atoms with van der Waals surface area (Å²) in [5.41, 5.74) is 2.31. The van der Waals surface area contributed by atoms with Gasteiger partial charge in [0.2, 0.25) is 0 Å². The summed E-state index contributed by atoms with van der Waals surface area (Å²) in [6.07, 6.45) is -0.455. The zero-order chi connectivity index (χ0) is 27.8. The molecular formula is C32H30FNO5. The van der Waals surface area contributed by atoms with Gasteiger partial charge in [-0.15, -0.1) is 0 Å². The van der Waals surface area contributed by atoms with E-state index in [1.807, 2.05) is 13.0 Å². The Hall–Kier alpha value is -4.49. The fourth-order valence-corrected chi connectivity index (χ4v) is 4.16. The molecule has 0 saturated carbocycles. The third kappa shape index (κ3) is 6.89. The summed E-state index contributed by atoms with van der Waals surface area (Å²) in [4.78, 5) is 27.8. The monoisotopic (exact) mass is 527 g/mol. The lowest BCUT2D eigenvalue weighted by molar-refractivity contribution is 0.0737. The van der Waals surface area contributed by atoms with Crippen LogP contribution in [0.1, 0.15) is 51.3 Å². The van der Waals surface area contributed by atoms with E-state index in [9.17, 15) is 19.1 Å². The van der Waals surface area contributed by atoms with Crippen LogP contribution in [0.25, 0.3) is 0 Å². The lowest BCUT2D eigenvalue weighted by atomic mass is 9.99. The van der Waals surface area contributed by atoms with Gasteiger partial charge in [-0.2, -0.15) is 0 Å². The van der Waals surface area contributed by atoms with Crippen molar-refractivity contribution in [2.75, 3.05) is 13.7 Å². The lowest BCUT2D eigenvalue weighted by Crippen LogP contribution is -2.31. The first-order valence-corrected chi connectivity index (χ1v) is 12.7. The Morgan fingerprint density at radius 3 is 2.18 bits per heavy atom. The molecule has 6 nitrogen and oxygen atoms in total. The first kappa shape index (κ1) is 27.5. The van der Waals surface area contributed by atoms with E-state index < -0.39 is 11.9 Å². The Morgan fingerprint density at radius 2 is 1.54 bits per heavy atom. The van der Waals surface area contributed by atoms with E-state index in [2.05, 4.69) is 0 Å². The number of hydrogen-bond acceptors (Lipinski definition) is 5. The molecule has 0 aliphatic carbocycles. The second-order valence-electron chi connectivity index (χ2n) is 9.02. The average Bonchev–Trinajstić information content (AvgIpc) is 2.98. The summed E-state index contributed by atoms with van der Waals surface area (Å²) in [6.45, 7) is 2.92. The van der Waals surface area contributed by atoms with Crippen molar-refractivity contribution in [1.29, 1.82) is 0 Å². The van der Waals surface area contributed by atoms with Crippen LogP contribution in [0.15, 0.2) is 97.1 Å². The van der Waals surface area contributed by atoms with E-state index >= 15 is 0 Å². The summed E-state index contributed by atoms with van der Waals surface area (Å²) in [5, 5.41) is 10.4. The molecule has 0 spiro atoms. The average molecular weight is 528 g/mol. The number of carbonyl (C=O) groups excluding carboxylic acids is 2. The number of ketones is 1. The van der Waals surface area contributed by atoms with E-state index in [4.69, 9.17) is 9.47 Å². The number of amides is 1. The van der Waals surface area contributed by atoms with Crippen molar-refractivity contribution < 1.29 is 28.6 Å². The van der Waals surface area contributed by atoms with Crippen molar-refractivity contribution in [3.05, 3.63) is 125 Å². The van der Waals surface area contributed by atoms with Crippen molar-refractivity contribution in [2.24, 2.45) is 0 Å². The highest BCUT2D eigenvalue weighted by Gasteiger charge is 2.20. The van der Waals surface area contributed by atoms with Gasteiger partial charge in [0.15, 0.2) is 17.3 Å². The number of Topliss-reactive ketones (excluding diaryl/α,β-unsaturated/α-hetero) is 1. The first-order valence-electron chi connectivity index (χ1n) is 12.7. The van der Waals surface area contributed by atoms with Crippen LogP contribution >= 0.6 is 0 Å². The molecule has 0 bridgehead atoms. The summed E-state index contributed by atoms with van der Waals surface area (Å²) >= 11 is 0. The number of carbonyl (C=O) groups is 2. The first-order chi connectivity index (χ1) is 18.9. The summed E-state index contributed by atoms with van der Waals surface area (Å²) in [5.74, 6) is 0.172. The Bertz CT molecular complexity index is 1410. The van der Waals surface area contributed by atoms with Crippen molar-refractivity contribution in [3.8, 4) is 17.2 Å². The summed E-state index contributed by atoms with van der Waals surface area (Å²) in [7, 11) is 1.44. The van der Waals surface area contributed by atoms with Gasteiger partial charge in [0.1, 0.15) is 17.7 Å². The highest BCUT2D eigenvalue weighted by atomic mass is 19.1. The summed E-state index contributed by atoms with van der Waals surface area (Å²) < 4.78 is 24.4. The third-order valence-corrected chi connectivity index (χ3v) is 6.21. The number of aliphatic hydroxyl groups is 1. The van der Waals surface area contributed by atoms with Crippen LogP contribution in [0.5, 0.6) is 17.2 Å². The van der Waals surface area contributed by atoms with Crippen molar-refractivity contribution >= 4 is 11.7 Å². The molecule has 4 aromatic rings. The zero-order valence-corrected chi connectivity index (χ0v) is 21.8. The molecule has 0 aliphatic rings. The Kier molecular flexibility index (Phi) is 9.07. The van der Waals surface area contributed by atoms with Gasteiger partial charge in [0.05, 0.1) is 7.11 Å². The molecule has 1 unspecified atom stereocenters. The number of benzene rings is 4. The highest BCUT2D eigenvalue weighted by molar-refractivity contribution is 6.00. The number of aliphatic hydroxyl groups excluding tert-OH is 1. The molecule has 0 saturated heterocycles. The molecule has 200 valence electrons. The minimum atomic E-state index is -1.23. The van der Waals surface area contributed by atoms with Gasteiger partial charge in [-0.05, 0) is 53.9 Å². The fraction of sp³-hybridized carbons (Fsp3) is 0.188. The maximum atomic E-state index is 13.5. The van der Waals surface area contributed by atoms with E-state index in [1.165, 1.54) is 25.3 Å². The van der Waals surface area contributed by atoms with E-state index in [0.717, 1.165) is 12.0 Å². The van der Waals surface area contributed by atoms with E-state index in [1.54, 1.807) is 77.7 Å². The van der Waals surface area contributed by atoms with Crippen LogP contribution in [-0.4, -0.2) is 35.4 Å². The highest BCUT2D eigenvalue weighted by Crippen LogP contribution is 2.32. The van der Waals surface area contributed by atoms with Gasteiger partial charge in [0.25, 0.3) is 5.91 Å². The number of methoxy groups -OCH3 is 1. The molecular weight excluding hydrogens is 497 g/mol. The number of halogens is 1. The molecule has 7 heteroatoms. The van der Waals surface area contributed by atoms with E-state index in [-0.39, 0.29) is 17.4 Å². The molecule has 0 fully saturated rings. The topological polar surface area (TPSA) is 76.1 Å². The van der Waals surface area contributed by atoms with Crippen molar-refractivity contribution in [1.82, 2.24) is 4.90 Å². The molecule has 1 amide bonds. The quantitative estimate of drug-likeness (QED) is 0.223. The molecule has 4 rings (SSSR count). The summed E-state index contributed by atoms with van der Waals surface area (Å²) in [6, 6.07) is 26.5. The van der Waals surface area contributed by atoms with Gasteiger partial charge >= 0.3 is 0 Å². The third-order valence-electron chi connectivity index (χ3n) is 6.21. The molecule has 39 heavy (non-hydrogen) atoms. The molecule has 0 heterocycles. The normalized spacial score (nSPS) is 11.5. The molecule has 0 radical (unpaired) electrons. The fourth-order valence-electron chi connectivity index (χ4n) is 4.16. The van der Waals surface area contributed by atoms with Crippen LogP contribution in [0.2, 0.25) is 0 Å². The largest absolute Gasteiger partial charge is 0.493 e. The number of nitrogens with zero attached hydrogens (tertiary/aromatic N) is 1. The second-order valence-corrected chi connectivity index (χ2v) is 9.02. The van der Waals surface area contributed by atoms with Crippen molar-refractivity contribution in [3.63, 3.8) is 0 Å². The van der Waals surface area contributed by atoms with Gasteiger partial charge in [0, 0.05) is 30.3 Å². The SMILES string of the molecule is CCCN(Cc1ccc(C(=O)C(O)c2ccccc2)cc1)C(=O)c1ccc(Oc2ccc(F)cc2OC)cc1. The molecule has 4 aromatic carbocycles. The number of ether oxygens (including phenoxy) is 2. The van der Waals surface area contributed by atoms with Crippen LogP contribution < -0.4 is 9.47 Å². The van der Waals surface area contributed by atoms with Crippen molar-refractivity contribution in [2.45, 2.75) is 26.0 Å². The Balaban J connectivity index is 1.43. The van der Waals surface area contributed by atoms with Crippen LogP contribution in [0.3, 0.4) is 0 Å².